The maximum absolute atomic E-state index is 3.68. The van der Waals surface area contributed by atoms with E-state index < -0.39 is 0 Å². The quantitative estimate of drug-likeness (QED) is 0.842. The van der Waals surface area contributed by atoms with Gasteiger partial charge in [0.05, 0.1) is 0 Å². The number of nitrogens with one attached hydrogen (secondary N) is 1. The molecular weight excluding hydrogens is 234 g/mol. The standard InChI is InChI=1S/C16H33N3/c1-3-16-8-13-19(10-5-9-17-16)14-15-6-11-18(4-2)12-7-15/h15-17H,3-14H2,1-2H3. The molecule has 0 radical (unpaired) electrons. The van der Waals surface area contributed by atoms with Crippen LogP contribution in [0.25, 0.3) is 0 Å². The van der Waals surface area contributed by atoms with Crippen LogP contribution in [0.2, 0.25) is 0 Å². The first-order chi connectivity index (χ1) is 9.31. The van der Waals surface area contributed by atoms with Crippen molar-refractivity contribution < 1.29 is 0 Å². The fraction of sp³-hybridized carbons (Fsp3) is 1.00. The molecule has 1 unspecified atom stereocenters. The Balaban J connectivity index is 1.72. The van der Waals surface area contributed by atoms with E-state index in [1.54, 1.807) is 0 Å². The SMILES string of the molecule is CCC1CCN(CC2CCN(CC)CC2)CCCN1. The van der Waals surface area contributed by atoms with Crippen molar-refractivity contribution in [2.24, 2.45) is 5.92 Å². The van der Waals surface area contributed by atoms with Gasteiger partial charge in [0, 0.05) is 12.6 Å². The predicted octanol–water partition coefficient (Wildman–Crippen LogP) is 2.18. The van der Waals surface area contributed by atoms with E-state index in [1.165, 1.54) is 77.9 Å². The van der Waals surface area contributed by atoms with E-state index in [0.29, 0.717) is 0 Å². The Morgan fingerprint density at radius 1 is 0.947 bits per heavy atom. The summed E-state index contributed by atoms with van der Waals surface area (Å²) in [5.41, 5.74) is 0. The van der Waals surface area contributed by atoms with Crippen LogP contribution in [0.15, 0.2) is 0 Å². The fourth-order valence-corrected chi connectivity index (χ4v) is 3.54. The number of likely N-dealkylation sites (tertiary alicyclic amines) is 1. The number of piperidine rings is 1. The molecule has 2 rings (SSSR count). The summed E-state index contributed by atoms with van der Waals surface area (Å²) in [5.74, 6) is 0.954. The lowest BCUT2D eigenvalue weighted by atomic mass is 9.95. The van der Waals surface area contributed by atoms with Gasteiger partial charge in [-0.3, -0.25) is 0 Å². The Hall–Kier alpha value is -0.120. The Bertz CT molecular complexity index is 236. The normalized spacial score (nSPS) is 29.1. The first kappa shape index (κ1) is 15.3. The van der Waals surface area contributed by atoms with Gasteiger partial charge in [-0.25, -0.2) is 0 Å². The zero-order valence-electron chi connectivity index (χ0n) is 13.0. The third-order valence-corrected chi connectivity index (χ3v) is 5.04. The highest BCUT2D eigenvalue weighted by Crippen LogP contribution is 2.19. The number of rotatable bonds is 4. The van der Waals surface area contributed by atoms with E-state index in [0.717, 1.165) is 12.0 Å². The minimum absolute atomic E-state index is 0.754. The van der Waals surface area contributed by atoms with Crippen LogP contribution in [0, 0.1) is 5.92 Å². The highest BCUT2D eigenvalue weighted by Gasteiger charge is 2.21. The molecule has 2 aliphatic heterocycles. The highest BCUT2D eigenvalue weighted by molar-refractivity contribution is 4.77. The van der Waals surface area contributed by atoms with E-state index in [2.05, 4.69) is 29.0 Å². The van der Waals surface area contributed by atoms with Gasteiger partial charge >= 0.3 is 0 Å². The summed E-state index contributed by atoms with van der Waals surface area (Å²) in [6.45, 7) is 13.7. The van der Waals surface area contributed by atoms with Crippen LogP contribution >= 0.6 is 0 Å². The number of hydrogen-bond donors (Lipinski definition) is 1. The summed E-state index contributed by atoms with van der Waals surface area (Å²) in [4.78, 5) is 5.34. The summed E-state index contributed by atoms with van der Waals surface area (Å²) in [6.07, 6.45) is 6.77. The van der Waals surface area contributed by atoms with Gasteiger partial charge in [-0.2, -0.15) is 0 Å². The predicted molar refractivity (Wildman–Crippen MR) is 82.6 cm³/mol. The Morgan fingerprint density at radius 3 is 2.37 bits per heavy atom. The van der Waals surface area contributed by atoms with Gasteiger partial charge in [-0.15, -0.1) is 0 Å². The Morgan fingerprint density at radius 2 is 1.68 bits per heavy atom. The molecule has 1 N–H and O–H groups in total. The van der Waals surface area contributed by atoms with Crippen LogP contribution in [0.4, 0.5) is 0 Å². The summed E-state index contributed by atoms with van der Waals surface area (Å²) in [5, 5.41) is 3.68. The third kappa shape index (κ3) is 5.05. The topological polar surface area (TPSA) is 18.5 Å². The number of hydrogen-bond acceptors (Lipinski definition) is 3. The molecule has 0 saturated carbocycles. The largest absolute Gasteiger partial charge is 0.314 e. The van der Waals surface area contributed by atoms with Gasteiger partial charge < -0.3 is 15.1 Å². The first-order valence-corrected chi connectivity index (χ1v) is 8.50. The Labute approximate surface area is 119 Å². The maximum Gasteiger partial charge on any atom is 0.00766 e. The fourth-order valence-electron chi connectivity index (χ4n) is 3.54. The molecule has 0 spiro atoms. The van der Waals surface area contributed by atoms with Crippen molar-refractivity contribution in [2.45, 2.75) is 52.0 Å². The van der Waals surface area contributed by atoms with E-state index in [1.807, 2.05) is 0 Å². The monoisotopic (exact) mass is 267 g/mol. The molecule has 0 aliphatic carbocycles. The van der Waals surface area contributed by atoms with Crippen LogP contribution < -0.4 is 5.32 Å². The molecule has 0 aromatic heterocycles. The smallest absolute Gasteiger partial charge is 0.00766 e. The van der Waals surface area contributed by atoms with Gasteiger partial charge in [0.2, 0.25) is 0 Å². The van der Waals surface area contributed by atoms with Gasteiger partial charge in [0.25, 0.3) is 0 Å². The van der Waals surface area contributed by atoms with E-state index in [4.69, 9.17) is 0 Å². The van der Waals surface area contributed by atoms with E-state index in [9.17, 15) is 0 Å². The molecule has 112 valence electrons. The van der Waals surface area contributed by atoms with Crippen molar-refractivity contribution in [2.75, 3.05) is 45.8 Å². The second kappa shape index (κ2) is 8.23. The minimum atomic E-state index is 0.754. The van der Waals surface area contributed by atoms with Crippen molar-refractivity contribution in [3.05, 3.63) is 0 Å². The lowest BCUT2D eigenvalue weighted by Gasteiger charge is -2.35. The van der Waals surface area contributed by atoms with E-state index in [-0.39, 0.29) is 0 Å². The van der Waals surface area contributed by atoms with Gasteiger partial charge in [-0.05, 0) is 77.3 Å². The van der Waals surface area contributed by atoms with Crippen LogP contribution in [-0.2, 0) is 0 Å². The molecule has 3 heteroatoms. The van der Waals surface area contributed by atoms with Gasteiger partial charge in [-0.1, -0.05) is 13.8 Å². The average molecular weight is 267 g/mol. The minimum Gasteiger partial charge on any atom is -0.314 e. The van der Waals surface area contributed by atoms with E-state index >= 15 is 0 Å². The van der Waals surface area contributed by atoms with Gasteiger partial charge in [0.15, 0.2) is 0 Å². The molecule has 2 aliphatic rings. The molecule has 0 aromatic rings. The molecule has 19 heavy (non-hydrogen) atoms. The van der Waals surface area contributed by atoms with Crippen molar-refractivity contribution in [1.82, 2.24) is 15.1 Å². The summed E-state index contributed by atoms with van der Waals surface area (Å²) < 4.78 is 0. The summed E-state index contributed by atoms with van der Waals surface area (Å²) in [7, 11) is 0. The second-order valence-corrected chi connectivity index (χ2v) is 6.38. The zero-order chi connectivity index (χ0) is 13.5. The van der Waals surface area contributed by atoms with Crippen molar-refractivity contribution >= 4 is 0 Å². The van der Waals surface area contributed by atoms with Crippen molar-refractivity contribution in [1.29, 1.82) is 0 Å². The molecular formula is C16H33N3. The van der Waals surface area contributed by atoms with Crippen LogP contribution in [0.5, 0.6) is 0 Å². The molecule has 0 amide bonds. The van der Waals surface area contributed by atoms with Crippen LogP contribution in [0.1, 0.15) is 46.0 Å². The second-order valence-electron chi connectivity index (χ2n) is 6.38. The average Bonchev–Trinajstić information content (AvgIpc) is 2.43. The lowest BCUT2D eigenvalue weighted by molar-refractivity contribution is 0.138. The van der Waals surface area contributed by atoms with Crippen LogP contribution in [0.3, 0.4) is 0 Å². The molecule has 2 saturated heterocycles. The van der Waals surface area contributed by atoms with Crippen molar-refractivity contribution in [3.8, 4) is 0 Å². The lowest BCUT2D eigenvalue weighted by Crippen LogP contribution is -2.43. The number of nitrogens with zero attached hydrogens (tertiary/aromatic N) is 2. The van der Waals surface area contributed by atoms with Gasteiger partial charge in [0.1, 0.15) is 0 Å². The molecule has 1 atom stereocenters. The third-order valence-electron chi connectivity index (χ3n) is 5.04. The highest BCUT2D eigenvalue weighted by atomic mass is 15.2. The molecule has 3 nitrogen and oxygen atoms in total. The molecule has 2 heterocycles. The molecule has 2 fully saturated rings. The summed E-state index contributed by atoms with van der Waals surface area (Å²) >= 11 is 0. The summed E-state index contributed by atoms with van der Waals surface area (Å²) in [6, 6.07) is 0.754. The van der Waals surface area contributed by atoms with Crippen molar-refractivity contribution in [3.63, 3.8) is 0 Å². The zero-order valence-corrected chi connectivity index (χ0v) is 13.0. The Kier molecular flexibility index (Phi) is 6.62. The molecule has 0 bridgehead atoms. The first-order valence-electron chi connectivity index (χ1n) is 8.50. The maximum atomic E-state index is 3.68. The molecule has 0 aromatic carbocycles. The van der Waals surface area contributed by atoms with Crippen LogP contribution in [-0.4, -0.2) is 61.7 Å².